The first kappa shape index (κ1) is 65.8. The summed E-state index contributed by atoms with van der Waals surface area (Å²) in [6.07, 6.45) is 19.9. The molecule has 0 radical (unpaired) electrons. The van der Waals surface area contributed by atoms with E-state index < -0.39 is 45.3 Å². The molecule has 0 aliphatic carbocycles. The SMILES string of the molecule is C=C/C=C\[C@H](C)[C@H](O)[C@@H](C)[C@@H](CC[C@H](C)C[C@@H](C)[C@@H](O[Si](C)(C)C(C)(C)C)[C@@H](C)/C=C\[C@H](C[C@H](O[Si](C)(C)C(C)(C)C)[C@@H](C)/C=C/C=C\C(=O)O)O[Si](C)(C)C(C)(C)C)O[Si](C)(C)C(C)(C)C. The molecule has 0 rings (SSSR count). The Labute approximate surface area is 420 Å². The Kier molecular flexibility index (Phi) is 26.0. The van der Waals surface area contributed by atoms with Gasteiger partial charge < -0.3 is 27.9 Å². The van der Waals surface area contributed by atoms with Gasteiger partial charge in [-0.15, -0.1) is 0 Å². The molecule has 2 N–H and O–H groups in total. The van der Waals surface area contributed by atoms with E-state index in [1.165, 1.54) is 6.08 Å². The molecule has 0 aromatic carbocycles. The molecular formula is C56H110O7Si4. The average molecular weight is 1010 g/mol. The predicted octanol–water partition coefficient (Wildman–Crippen LogP) is 16.8. The van der Waals surface area contributed by atoms with E-state index in [9.17, 15) is 15.0 Å². The molecule has 7 nitrogen and oxygen atoms in total. The normalized spacial score (nSPS) is 19.6. The van der Waals surface area contributed by atoms with Crippen molar-refractivity contribution in [2.75, 3.05) is 0 Å². The second-order valence-corrected chi connectivity index (χ2v) is 45.8. The predicted molar refractivity (Wildman–Crippen MR) is 302 cm³/mol. The highest BCUT2D eigenvalue weighted by Gasteiger charge is 2.45. The third-order valence-corrected chi connectivity index (χ3v) is 34.4. The van der Waals surface area contributed by atoms with Crippen molar-refractivity contribution in [3.8, 4) is 0 Å². The van der Waals surface area contributed by atoms with Crippen molar-refractivity contribution in [2.45, 2.75) is 253 Å². The molecule has 0 fully saturated rings. The fourth-order valence-electron chi connectivity index (χ4n) is 7.43. The highest BCUT2D eigenvalue weighted by Crippen LogP contribution is 2.44. The number of aliphatic hydroxyl groups is 1. The molecule has 0 saturated heterocycles. The molecule has 0 aliphatic heterocycles. The standard InChI is InChI=1S/C56H110O7Si4/c1-28-29-32-43(4)51(59)46(7)48(61-65(22,23)54(11,12)13)38-35-41(2)39-45(6)52(63-67(26,27)56(17,18)19)44(5)36-37-47(60-64(20,21)53(8,9)10)40-49(62-66(24,25)55(14,15)16)42(3)33-30-31-34-50(57)58/h28-34,36-37,41-49,51-52,59H,1,35,38-40H2,2-27H3,(H,57,58)/b32-29-,33-30+,34-31-,37-36-/t41-,42-,43-,44-,45+,46-,47+,48+,49-,51-,52-/m0/s1. The zero-order valence-corrected chi connectivity index (χ0v) is 52.5. The van der Waals surface area contributed by atoms with Gasteiger partial charge >= 0.3 is 5.97 Å². The highest BCUT2D eigenvalue weighted by atomic mass is 28.4. The van der Waals surface area contributed by atoms with Crippen LogP contribution in [0.15, 0.2) is 61.3 Å². The number of hydrogen-bond acceptors (Lipinski definition) is 6. The summed E-state index contributed by atoms with van der Waals surface area (Å²) in [5.74, 6) is -0.136. The lowest BCUT2D eigenvalue weighted by Crippen LogP contribution is -2.48. The summed E-state index contributed by atoms with van der Waals surface area (Å²) < 4.78 is 29.2. The Bertz CT molecular complexity index is 1600. The zero-order chi connectivity index (χ0) is 52.9. The molecular weight excluding hydrogens is 897 g/mol. The third-order valence-electron chi connectivity index (χ3n) is 16.5. The average Bonchev–Trinajstić information content (AvgIpc) is 3.14. The Morgan fingerprint density at radius 2 is 0.970 bits per heavy atom. The van der Waals surface area contributed by atoms with Crippen LogP contribution in [-0.2, 0) is 22.5 Å². The lowest BCUT2D eigenvalue weighted by Gasteiger charge is -2.44. The van der Waals surface area contributed by atoms with Crippen LogP contribution in [-0.4, -0.2) is 80.0 Å². The van der Waals surface area contributed by atoms with Crippen LogP contribution in [0.2, 0.25) is 72.5 Å². The van der Waals surface area contributed by atoms with Crippen LogP contribution in [0.25, 0.3) is 0 Å². The van der Waals surface area contributed by atoms with Gasteiger partial charge in [0.05, 0.1) is 30.5 Å². The fraction of sp³-hybridized carbons (Fsp3) is 0.804. The van der Waals surface area contributed by atoms with Crippen molar-refractivity contribution in [1.29, 1.82) is 0 Å². The Balaban J connectivity index is 7.20. The molecule has 11 atom stereocenters. The van der Waals surface area contributed by atoms with Gasteiger partial charge in [0, 0.05) is 24.3 Å². The van der Waals surface area contributed by atoms with Crippen molar-refractivity contribution in [3.63, 3.8) is 0 Å². The molecule has 0 heterocycles. The maximum atomic E-state index is 11.6. The highest BCUT2D eigenvalue weighted by molar-refractivity contribution is 6.75. The van der Waals surface area contributed by atoms with Crippen LogP contribution >= 0.6 is 0 Å². The summed E-state index contributed by atoms with van der Waals surface area (Å²) in [7, 11) is -8.74. The van der Waals surface area contributed by atoms with Crippen molar-refractivity contribution >= 4 is 39.2 Å². The van der Waals surface area contributed by atoms with Gasteiger partial charge in [0.25, 0.3) is 0 Å². The monoisotopic (exact) mass is 1010 g/mol. The first-order chi connectivity index (χ1) is 29.9. The van der Waals surface area contributed by atoms with Crippen molar-refractivity contribution < 1.29 is 32.7 Å². The number of carboxylic acid groups (broad SMARTS) is 1. The van der Waals surface area contributed by atoms with E-state index in [1.54, 1.807) is 12.2 Å². The first-order valence-electron chi connectivity index (χ1n) is 25.9. The van der Waals surface area contributed by atoms with E-state index >= 15 is 0 Å². The van der Waals surface area contributed by atoms with Gasteiger partial charge in [-0.2, -0.15) is 0 Å². The van der Waals surface area contributed by atoms with Crippen LogP contribution < -0.4 is 0 Å². The van der Waals surface area contributed by atoms with Gasteiger partial charge in [0.1, 0.15) is 0 Å². The van der Waals surface area contributed by atoms with Crippen LogP contribution in [0.3, 0.4) is 0 Å². The van der Waals surface area contributed by atoms with Gasteiger partial charge in [-0.05, 0) is 115 Å². The number of allylic oxidation sites excluding steroid dienone is 4. The number of aliphatic carboxylic acids is 1. The molecule has 392 valence electrons. The summed E-state index contributed by atoms with van der Waals surface area (Å²) in [6, 6.07) is 0. The molecule has 0 aromatic rings. The van der Waals surface area contributed by atoms with E-state index in [1.807, 2.05) is 18.2 Å². The molecule has 0 amide bonds. The maximum absolute atomic E-state index is 11.6. The largest absolute Gasteiger partial charge is 0.478 e. The van der Waals surface area contributed by atoms with Gasteiger partial charge in [-0.3, -0.25) is 0 Å². The molecule has 0 bridgehead atoms. The van der Waals surface area contributed by atoms with E-state index in [-0.39, 0.29) is 74.2 Å². The summed E-state index contributed by atoms with van der Waals surface area (Å²) >= 11 is 0. The minimum absolute atomic E-state index is 0.00525. The quantitative estimate of drug-likeness (QED) is 0.0349. The molecule has 11 heteroatoms. The second-order valence-electron chi connectivity index (χ2n) is 26.7. The summed E-state index contributed by atoms with van der Waals surface area (Å²) in [4.78, 5) is 11.3. The topological polar surface area (TPSA) is 94.5 Å². The van der Waals surface area contributed by atoms with Gasteiger partial charge in [-0.25, -0.2) is 4.79 Å². The lowest BCUT2D eigenvalue weighted by atomic mass is 9.82. The van der Waals surface area contributed by atoms with Crippen molar-refractivity contribution in [3.05, 3.63) is 61.3 Å². The number of aliphatic hydroxyl groups excluding tert-OH is 1. The van der Waals surface area contributed by atoms with Gasteiger partial charge in [-0.1, -0.05) is 180 Å². The van der Waals surface area contributed by atoms with Crippen LogP contribution in [0.4, 0.5) is 0 Å². The molecule has 67 heavy (non-hydrogen) atoms. The van der Waals surface area contributed by atoms with E-state index in [0.717, 1.165) is 19.3 Å². The number of rotatable bonds is 28. The van der Waals surface area contributed by atoms with Crippen LogP contribution in [0.1, 0.15) is 150 Å². The number of carbonyl (C=O) groups is 1. The maximum Gasteiger partial charge on any atom is 0.328 e. The second kappa shape index (κ2) is 26.5. The summed E-state index contributed by atoms with van der Waals surface area (Å²) in [5.41, 5.74) is 0. The molecule has 0 aromatic heterocycles. The lowest BCUT2D eigenvalue weighted by molar-refractivity contribution is -0.131. The minimum atomic E-state index is -2.23. The van der Waals surface area contributed by atoms with Gasteiger partial charge in [0.15, 0.2) is 33.3 Å². The first-order valence-corrected chi connectivity index (χ1v) is 37.5. The van der Waals surface area contributed by atoms with Gasteiger partial charge in [0.2, 0.25) is 0 Å². The molecule has 0 spiro atoms. The van der Waals surface area contributed by atoms with Crippen LogP contribution in [0.5, 0.6) is 0 Å². The molecule has 0 aliphatic rings. The van der Waals surface area contributed by atoms with E-state index in [2.05, 4.69) is 202 Å². The van der Waals surface area contributed by atoms with Crippen molar-refractivity contribution in [2.24, 2.45) is 35.5 Å². The molecule has 0 saturated carbocycles. The zero-order valence-electron chi connectivity index (χ0n) is 48.5. The van der Waals surface area contributed by atoms with Crippen LogP contribution in [0, 0.1) is 35.5 Å². The minimum Gasteiger partial charge on any atom is -0.478 e. The van der Waals surface area contributed by atoms with E-state index in [4.69, 9.17) is 17.7 Å². The Morgan fingerprint density at radius 1 is 0.537 bits per heavy atom. The summed E-state index contributed by atoms with van der Waals surface area (Å²) in [5, 5.41) is 21.0. The number of carboxylic acids is 1. The Hall–Kier alpha value is -1.16. The number of hydrogen-bond donors (Lipinski definition) is 2. The summed E-state index contributed by atoms with van der Waals surface area (Å²) in [6.45, 7) is 63.6. The molecule has 0 unspecified atom stereocenters. The smallest absolute Gasteiger partial charge is 0.328 e. The fourth-order valence-corrected chi connectivity index (χ4v) is 13.1. The van der Waals surface area contributed by atoms with E-state index in [0.29, 0.717) is 12.3 Å². The van der Waals surface area contributed by atoms with Crippen molar-refractivity contribution in [1.82, 2.24) is 0 Å². The third kappa shape index (κ3) is 22.0. The Morgan fingerprint density at radius 3 is 1.42 bits per heavy atom.